The molecule has 0 radical (unpaired) electrons. The smallest absolute Gasteiger partial charge is 0.263 e. The van der Waals surface area contributed by atoms with Gasteiger partial charge in [-0.25, -0.2) is 24.9 Å². The van der Waals surface area contributed by atoms with Crippen LogP contribution in [0.4, 0.5) is 0 Å². The molecule has 4 heterocycles. The fraction of sp³-hybridized carbons (Fsp3) is 0.368. The van der Waals surface area contributed by atoms with Crippen molar-refractivity contribution in [1.82, 2.24) is 35.1 Å². The summed E-state index contributed by atoms with van der Waals surface area (Å²) in [5.74, 6) is 0.993. The van der Waals surface area contributed by atoms with Gasteiger partial charge in [0.2, 0.25) is 0 Å². The molecule has 0 saturated carbocycles. The lowest BCUT2D eigenvalue weighted by Crippen LogP contribution is -2.29. The number of aryl methyl sites for hydroxylation is 1. The van der Waals surface area contributed by atoms with Gasteiger partial charge in [-0.05, 0) is 19.5 Å². The van der Waals surface area contributed by atoms with E-state index in [9.17, 15) is 4.79 Å². The molecule has 28 heavy (non-hydrogen) atoms. The van der Waals surface area contributed by atoms with E-state index in [1.165, 1.54) is 11.3 Å². The number of likely N-dealkylation sites (N-methyl/N-ethyl adjacent to an activating group) is 1. The molecule has 0 bridgehead atoms. The van der Waals surface area contributed by atoms with Crippen LogP contribution in [-0.4, -0.2) is 49.3 Å². The third-order valence-corrected chi connectivity index (χ3v) is 5.67. The second-order valence-electron chi connectivity index (χ2n) is 6.65. The molecular formula is C19H21N7OS. The molecule has 3 aromatic heterocycles. The van der Waals surface area contributed by atoms with E-state index in [1.54, 1.807) is 18.5 Å². The van der Waals surface area contributed by atoms with Crippen LogP contribution in [0.5, 0.6) is 0 Å². The summed E-state index contributed by atoms with van der Waals surface area (Å²) in [6, 6.07) is 1.75. The zero-order chi connectivity index (χ0) is 19.5. The Kier molecular flexibility index (Phi) is 5.36. The number of hydrogen-bond acceptors (Lipinski definition) is 8. The Morgan fingerprint density at radius 1 is 1.25 bits per heavy atom. The van der Waals surface area contributed by atoms with Crippen molar-refractivity contribution in [2.24, 2.45) is 0 Å². The normalized spacial score (nSPS) is 13.9. The molecule has 0 unspecified atom stereocenters. The highest BCUT2D eigenvalue weighted by Crippen LogP contribution is 2.26. The van der Waals surface area contributed by atoms with E-state index in [-0.39, 0.29) is 5.91 Å². The average molecular weight is 395 g/mol. The van der Waals surface area contributed by atoms with Crippen molar-refractivity contribution in [1.29, 1.82) is 0 Å². The van der Waals surface area contributed by atoms with Crippen LogP contribution in [0, 0.1) is 0 Å². The molecule has 1 N–H and O–H groups in total. The van der Waals surface area contributed by atoms with Gasteiger partial charge in [-0.2, -0.15) is 0 Å². The maximum Gasteiger partial charge on any atom is 0.263 e. The van der Waals surface area contributed by atoms with Crippen molar-refractivity contribution in [2.75, 3.05) is 13.6 Å². The van der Waals surface area contributed by atoms with Crippen molar-refractivity contribution < 1.29 is 4.79 Å². The standard InChI is InChI=1S/C19H21N7OS/c1-3-13-16(28-19(25-13)17-20-6-4-7-21-17)18(27)23-10-15-22-9-12-11-26(2)8-5-14(12)24-15/h4,6-7,9H,3,5,8,10-11H2,1-2H3,(H,23,27). The maximum absolute atomic E-state index is 12.7. The molecule has 0 aliphatic carbocycles. The van der Waals surface area contributed by atoms with Crippen molar-refractivity contribution in [3.63, 3.8) is 0 Å². The summed E-state index contributed by atoms with van der Waals surface area (Å²) < 4.78 is 0. The molecule has 1 aliphatic rings. The van der Waals surface area contributed by atoms with Gasteiger partial charge in [0.05, 0.1) is 12.2 Å². The van der Waals surface area contributed by atoms with Crippen LogP contribution in [0.2, 0.25) is 0 Å². The number of thiazole rings is 1. The Labute approximate surface area is 167 Å². The van der Waals surface area contributed by atoms with Crippen molar-refractivity contribution in [2.45, 2.75) is 32.9 Å². The number of aromatic nitrogens is 5. The van der Waals surface area contributed by atoms with Crippen LogP contribution in [0.25, 0.3) is 10.8 Å². The third kappa shape index (κ3) is 3.90. The summed E-state index contributed by atoms with van der Waals surface area (Å²) in [5.41, 5.74) is 2.99. The summed E-state index contributed by atoms with van der Waals surface area (Å²) in [6.07, 6.45) is 6.77. The predicted molar refractivity (Wildman–Crippen MR) is 106 cm³/mol. The molecule has 1 aliphatic heterocycles. The van der Waals surface area contributed by atoms with Gasteiger partial charge >= 0.3 is 0 Å². The first-order chi connectivity index (χ1) is 13.6. The Bertz CT molecular complexity index is 989. The molecule has 0 fully saturated rings. The van der Waals surface area contributed by atoms with Crippen LogP contribution in [0.3, 0.4) is 0 Å². The quantitative estimate of drug-likeness (QED) is 0.704. The van der Waals surface area contributed by atoms with Gasteiger partial charge in [0, 0.05) is 49.4 Å². The van der Waals surface area contributed by atoms with E-state index < -0.39 is 0 Å². The summed E-state index contributed by atoms with van der Waals surface area (Å²) in [6.45, 7) is 4.12. The van der Waals surface area contributed by atoms with Gasteiger partial charge in [-0.15, -0.1) is 11.3 Å². The Balaban J connectivity index is 1.48. The number of fused-ring (bicyclic) bond motifs is 1. The van der Waals surface area contributed by atoms with E-state index in [1.807, 2.05) is 13.1 Å². The zero-order valence-corrected chi connectivity index (χ0v) is 16.7. The molecule has 0 aromatic carbocycles. The van der Waals surface area contributed by atoms with Gasteiger partial charge in [0.15, 0.2) is 10.8 Å². The number of nitrogens with one attached hydrogen (secondary N) is 1. The molecule has 0 spiro atoms. The lowest BCUT2D eigenvalue weighted by Gasteiger charge is -2.23. The second-order valence-corrected chi connectivity index (χ2v) is 7.65. The number of amides is 1. The van der Waals surface area contributed by atoms with Crippen LogP contribution in [0.15, 0.2) is 24.7 Å². The lowest BCUT2D eigenvalue weighted by atomic mass is 10.1. The van der Waals surface area contributed by atoms with E-state index >= 15 is 0 Å². The minimum Gasteiger partial charge on any atom is -0.344 e. The Morgan fingerprint density at radius 2 is 2.07 bits per heavy atom. The highest BCUT2D eigenvalue weighted by atomic mass is 32.1. The van der Waals surface area contributed by atoms with Gasteiger partial charge in [0.25, 0.3) is 5.91 Å². The summed E-state index contributed by atoms with van der Waals surface area (Å²) in [7, 11) is 2.09. The van der Waals surface area contributed by atoms with Crippen LogP contribution < -0.4 is 5.32 Å². The van der Waals surface area contributed by atoms with Crippen LogP contribution in [-0.2, 0) is 25.9 Å². The first-order valence-electron chi connectivity index (χ1n) is 9.21. The summed E-state index contributed by atoms with van der Waals surface area (Å²) >= 11 is 1.31. The van der Waals surface area contributed by atoms with Crippen LogP contribution >= 0.6 is 11.3 Å². The second kappa shape index (κ2) is 8.07. The zero-order valence-electron chi connectivity index (χ0n) is 15.8. The molecular weight excluding hydrogens is 374 g/mol. The number of rotatable bonds is 5. The first kappa shape index (κ1) is 18.6. The number of carbonyl (C=O) groups is 1. The van der Waals surface area contributed by atoms with Gasteiger partial charge in [-0.3, -0.25) is 4.79 Å². The summed E-state index contributed by atoms with van der Waals surface area (Å²) in [4.78, 5) is 37.6. The topological polar surface area (TPSA) is 96.8 Å². The van der Waals surface area contributed by atoms with Gasteiger partial charge in [-0.1, -0.05) is 6.92 Å². The number of carbonyl (C=O) groups excluding carboxylic acids is 1. The number of hydrogen-bond donors (Lipinski definition) is 1. The predicted octanol–water partition coefficient (Wildman–Crippen LogP) is 1.87. The lowest BCUT2D eigenvalue weighted by molar-refractivity contribution is 0.0952. The SMILES string of the molecule is CCc1nc(-c2ncccn2)sc1C(=O)NCc1ncc2c(n1)CCN(C)C2. The molecule has 0 atom stereocenters. The van der Waals surface area contributed by atoms with Crippen molar-refractivity contribution in [3.8, 4) is 10.8 Å². The molecule has 1 amide bonds. The first-order valence-corrected chi connectivity index (χ1v) is 10.0. The number of nitrogens with zero attached hydrogens (tertiary/aromatic N) is 6. The van der Waals surface area contributed by atoms with Gasteiger partial charge < -0.3 is 10.2 Å². The van der Waals surface area contributed by atoms with E-state index in [4.69, 9.17) is 0 Å². The monoisotopic (exact) mass is 395 g/mol. The van der Waals surface area contributed by atoms with Crippen molar-refractivity contribution in [3.05, 3.63) is 52.3 Å². The molecule has 3 aromatic rings. The van der Waals surface area contributed by atoms with E-state index in [0.29, 0.717) is 34.5 Å². The molecule has 8 nitrogen and oxygen atoms in total. The highest BCUT2D eigenvalue weighted by Gasteiger charge is 2.20. The van der Waals surface area contributed by atoms with E-state index in [0.717, 1.165) is 36.5 Å². The fourth-order valence-electron chi connectivity index (χ4n) is 3.10. The largest absolute Gasteiger partial charge is 0.344 e. The molecule has 0 saturated heterocycles. The van der Waals surface area contributed by atoms with E-state index in [2.05, 4.69) is 42.2 Å². The highest BCUT2D eigenvalue weighted by molar-refractivity contribution is 7.17. The van der Waals surface area contributed by atoms with Crippen molar-refractivity contribution >= 4 is 17.2 Å². The Hall–Kier alpha value is -2.78. The Morgan fingerprint density at radius 3 is 2.86 bits per heavy atom. The average Bonchev–Trinajstić information content (AvgIpc) is 3.17. The maximum atomic E-state index is 12.7. The minimum absolute atomic E-state index is 0.169. The minimum atomic E-state index is -0.169. The van der Waals surface area contributed by atoms with Crippen LogP contribution in [0.1, 0.15) is 39.4 Å². The third-order valence-electron chi connectivity index (χ3n) is 4.58. The molecule has 144 valence electrons. The van der Waals surface area contributed by atoms with Gasteiger partial charge in [0.1, 0.15) is 10.7 Å². The summed E-state index contributed by atoms with van der Waals surface area (Å²) in [5, 5.41) is 3.58. The molecule has 9 heteroatoms. The molecule has 4 rings (SSSR count). The fourth-order valence-corrected chi connectivity index (χ4v) is 4.12.